The number of benzene rings is 2. The molecular weight excluding hydrogens is 240 g/mol. The van der Waals surface area contributed by atoms with E-state index >= 15 is 0 Å². The summed E-state index contributed by atoms with van der Waals surface area (Å²) in [5, 5.41) is 5.24. The van der Waals surface area contributed by atoms with Crippen LogP contribution in [-0.2, 0) is 4.74 Å². The molecule has 0 atom stereocenters. The number of morpholine rings is 1. The zero-order chi connectivity index (χ0) is 13.1. The Labute approximate surface area is 112 Å². The van der Waals surface area contributed by atoms with Crippen molar-refractivity contribution in [2.75, 3.05) is 31.6 Å². The summed E-state index contributed by atoms with van der Waals surface area (Å²) in [5.41, 5.74) is 0.829. The van der Waals surface area contributed by atoms with E-state index in [2.05, 4.69) is 11.4 Å². The highest BCUT2D eigenvalue weighted by Gasteiger charge is 2.16. The molecule has 0 aliphatic carbocycles. The van der Waals surface area contributed by atoms with Crippen LogP contribution in [-0.4, -0.2) is 37.2 Å². The minimum atomic E-state index is -0.0569. The van der Waals surface area contributed by atoms with Crippen molar-refractivity contribution in [3.05, 3.63) is 42.5 Å². The Bertz CT molecular complexity index is 591. The molecule has 0 bridgehead atoms. The van der Waals surface area contributed by atoms with Crippen molar-refractivity contribution in [2.45, 2.75) is 0 Å². The number of carbonyl (C=O) groups is 1. The molecule has 4 heteroatoms. The Morgan fingerprint density at radius 1 is 1.05 bits per heavy atom. The van der Waals surface area contributed by atoms with Gasteiger partial charge in [-0.15, -0.1) is 0 Å². The van der Waals surface area contributed by atoms with Crippen LogP contribution in [0.25, 0.3) is 10.8 Å². The molecule has 1 saturated heterocycles. The highest BCUT2D eigenvalue weighted by atomic mass is 16.5. The SMILES string of the molecule is O=C(Nc1ccc2ccccc2c1)N1CCOCC1. The molecule has 0 saturated carbocycles. The molecule has 0 aromatic heterocycles. The van der Waals surface area contributed by atoms with Crippen molar-refractivity contribution in [3.63, 3.8) is 0 Å². The molecule has 3 rings (SSSR count). The third kappa shape index (κ3) is 2.69. The van der Waals surface area contributed by atoms with Gasteiger partial charge in [-0.3, -0.25) is 0 Å². The second-order valence-electron chi connectivity index (χ2n) is 4.59. The number of hydrogen-bond acceptors (Lipinski definition) is 2. The van der Waals surface area contributed by atoms with Crippen LogP contribution in [0.5, 0.6) is 0 Å². The van der Waals surface area contributed by atoms with Gasteiger partial charge < -0.3 is 15.0 Å². The van der Waals surface area contributed by atoms with Gasteiger partial charge in [-0.25, -0.2) is 4.79 Å². The number of carbonyl (C=O) groups excluding carboxylic acids is 1. The van der Waals surface area contributed by atoms with Gasteiger partial charge in [0.2, 0.25) is 0 Å². The van der Waals surface area contributed by atoms with Gasteiger partial charge in [-0.05, 0) is 22.9 Å². The minimum Gasteiger partial charge on any atom is -0.378 e. The van der Waals surface area contributed by atoms with E-state index in [1.807, 2.05) is 36.4 Å². The molecule has 1 heterocycles. The summed E-state index contributed by atoms with van der Waals surface area (Å²) >= 11 is 0. The van der Waals surface area contributed by atoms with E-state index in [9.17, 15) is 4.79 Å². The molecule has 1 N–H and O–H groups in total. The fourth-order valence-corrected chi connectivity index (χ4v) is 2.24. The topological polar surface area (TPSA) is 41.6 Å². The van der Waals surface area contributed by atoms with E-state index in [-0.39, 0.29) is 6.03 Å². The van der Waals surface area contributed by atoms with Gasteiger partial charge in [0.15, 0.2) is 0 Å². The Balaban J connectivity index is 1.75. The summed E-state index contributed by atoms with van der Waals surface area (Å²) in [6, 6.07) is 14.0. The number of anilines is 1. The summed E-state index contributed by atoms with van der Waals surface area (Å²) < 4.78 is 5.24. The molecule has 19 heavy (non-hydrogen) atoms. The Morgan fingerprint density at radius 3 is 2.58 bits per heavy atom. The van der Waals surface area contributed by atoms with Crippen molar-refractivity contribution < 1.29 is 9.53 Å². The summed E-state index contributed by atoms with van der Waals surface area (Å²) in [4.78, 5) is 13.8. The molecule has 2 amide bonds. The van der Waals surface area contributed by atoms with Crippen LogP contribution in [0, 0.1) is 0 Å². The third-order valence-electron chi connectivity index (χ3n) is 3.30. The normalized spacial score (nSPS) is 15.5. The van der Waals surface area contributed by atoms with Crippen LogP contribution >= 0.6 is 0 Å². The summed E-state index contributed by atoms with van der Waals surface area (Å²) in [6.45, 7) is 2.54. The first-order valence-electron chi connectivity index (χ1n) is 6.45. The maximum Gasteiger partial charge on any atom is 0.321 e. The van der Waals surface area contributed by atoms with E-state index in [0.29, 0.717) is 26.3 Å². The third-order valence-corrected chi connectivity index (χ3v) is 3.30. The molecule has 1 fully saturated rings. The van der Waals surface area contributed by atoms with Crippen LogP contribution in [0.15, 0.2) is 42.5 Å². The van der Waals surface area contributed by atoms with Gasteiger partial charge in [0.05, 0.1) is 13.2 Å². The molecule has 0 spiro atoms. The second-order valence-corrected chi connectivity index (χ2v) is 4.59. The minimum absolute atomic E-state index is 0.0569. The molecule has 0 radical (unpaired) electrons. The van der Waals surface area contributed by atoms with E-state index in [1.54, 1.807) is 4.90 Å². The maximum absolute atomic E-state index is 12.1. The van der Waals surface area contributed by atoms with Crippen LogP contribution in [0.4, 0.5) is 10.5 Å². The summed E-state index contributed by atoms with van der Waals surface area (Å²) in [7, 11) is 0. The molecule has 4 nitrogen and oxygen atoms in total. The fraction of sp³-hybridized carbons (Fsp3) is 0.267. The summed E-state index contributed by atoms with van der Waals surface area (Å²) in [5.74, 6) is 0. The van der Waals surface area contributed by atoms with Crippen molar-refractivity contribution in [1.29, 1.82) is 0 Å². The molecule has 98 valence electrons. The van der Waals surface area contributed by atoms with Crippen molar-refractivity contribution in [3.8, 4) is 0 Å². The number of ether oxygens (including phenoxy) is 1. The number of amides is 2. The van der Waals surface area contributed by atoms with Gasteiger partial charge in [0.1, 0.15) is 0 Å². The smallest absolute Gasteiger partial charge is 0.321 e. The summed E-state index contributed by atoms with van der Waals surface area (Å²) in [6.07, 6.45) is 0. The largest absolute Gasteiger partial charge is 0.378 e. The molecule has 2 aromatic rings. The molecule has 1 aliphatic heterocycles. The zero-order valence-corrected chi connectivity index (χ0v) is 10.6. The van der Waals surface area contributed by atoms with Crippen LogP contribution in [0.3, 0.4) is 0 Å². The standard InChI is InChI=1S/C15H16N2O2/c18-15(17-7-9-19-10-8-17)16-14-6-5-12-3-1-2-4-13(12)11-14/h1-6,11H,7-10H2,(H,16,18). The lowest BCUT2D eigenvalue weighted by Gasteiger charge is -2.26. The maximum atomic E-state index is 12.1. The number of nitrogens with zero attached hydrogens (tertiary/aromatic N) is 1. The first-order valence-corrected chi connectivity index (χ1v) is 6.45. The van der Waals surface area contributed by atoms with Gasteiger partial charge in [-0.2, -0.15) is 0 Å². The quantitative estimate of drug-likeness (QED) is 0.852. The molecule has 1 aliphatic rings. The highest BCUT2D eigenvalue weighted by molar-refractivity contribution is 5.93. The van der Waals surface area contributed by atoms with Gasteiger partial charge in [0.25, 0.3) is 0 Å². The lowest BCUT2D eigenvalue weighted by atomic mass is 10.1. The van der Waals surface area contributed by atoms with Crippen LogP contribution in [0.1, 0.15) is 0 Å². The van der Waals surface area contributed by atoms with Crippen molar-refractivity contribution in [1.82, 2.24) is 4.90 Å². The van der Waals surface area contributed by atoms with Gasteiger partial charge >= 0.3 is 6.03 Å². The Hall–Kier alpha value is -2.07. The number of fused-ring (bicyclic) bond motifs is 1. The number of rotatable bonds is 1. The average Bonchev–Trinajstić information content (AvgIpc) is 2.48. The van der Waals surface area contributed by atoms with Crippen molar-refractivity contribution in [2.24, 2.45) is 0 Å². The lowest BCUT2D eigenvalue weighted by Crippen LogP contribution is -2.43. The first-order chi connectivity index (χ1) is 9.33. The second kappa shape index (κ2) is 5.28. The van der Waals surface area contributed by atoms with E-state index < -0.39 is 0 Å². The fourth-order valence-electron chi connectivity index (χ4n) is 2.24. The van der Waals surface area contributed by atoms with Gasteiger partial charge in [-0.1, -0.05) is 30.3 Å². The van der Waals surface area contributed by atoms with Gasteiger partial charge in [0, 0.05) is 18.8 Å². The predicted octanol–water partition coefficient (Wildman–Crippen LogP) is 2.70. The molecular formula is C15H16N2O2. The number of nitrogens with one attached hydrogen (secondary N) is 1. The predicted molar refractivity (Wildman–Crippen MR) is 75.4 cm³/mol. The van der Waals surface area contributed by atoms with Crippen LogP contribution in [0.2, 0.25) is 0 Å². The van der Waals surface area contributed by atoms with E-state index in [0.717, 1.165) is 11.1 Å². The van der Waals surface area contributed by atoms with Crippen LogP contribution < -0.4 is 5.32 Å². The highest BCUT2D eigenvalue weighted by Crippen LogP contribution is 2.19. The molecule has 2 aromatic carbocycles. The van der Waals surface area contributed by atoms with E-state index in [4.69, 9.17) is 4.74 Å². The van der Waals surface area contributed by atoms with Crippen molar-refractivity contribution >= 4 is 22.5 Å². The Kier molecular flexibility index (Phi) is 3.33. The Morgan fingerprint density at radius 2 is 1.79 bits per heavy atom. The first kappa shape index (κ1) is 12.0. The number of hydrogen-bond donors (Lipinski definition) is 1. The molecule has 0 unspecified atom stereocenters. The zero-order valence-electron chi connectivity index (χ0n) is 10.6. The number of urea groups is 1. The van der Waals surface area contributed by atoms with E-state index in [1.165, 1.54) is 5.39 Å². The lowest BCUT2D eigenvalue weighted by molar-refractivity contribution is 0.0564. The average molecular weight is 256 g/mol. The monoisotopic (exact) mass is 256 g/mol.